The van der Waals surface area contributed by atoms with Crippen LogP contribution in [0.25, 0.3) is 0 Å². The molecule has 6 nitrogen and oxygen atoms in total. The summed E-state index contributed by atoms with van der Waals surface area (Å²) in [4.78, 5) is 21.9. The smallest absolute Gasteiger partial charge is 0.295 e. The fourth-order valence-electron chi connectivity index (χ4n) is 2.08. The molecule has 0 bridgehead atoms. The van der Waals surface area contributed by atoms with Gasteiger partial charge in [-0.2, -0.15) is 0 Å². The van der Waals surface area contributed by atoms with Crippen LogP contribution in [-0.2, 0) is 4.79 Å². The molecule has 0 aliphatic heterocycles. The molecular formula is C14H20FN3O3. The summed E-state index contributed by atoms with van der Waals surface area (Å²) in [7, 11) is 0. The highest BCUT2D eigenvalue weighted by Gasteiger charge is 2.22. The number of halogens is 1. The number of hydrogen-bond acceptors (Lipinski definition) is 4. The van der Waals surface area contributed by atoms with Crippen LogP contribution < -0.4 is 11.1 Å². The van der Waals surface area contributed by atoms with E-state index < -0.39 is 34.1 Å². The van der Waals surface area contributed by atoms with Crippen molar-refractivity contribution in [1.82, 2.24) is 0 Å². The standard InChI is InChI=1S/C14H20FN3O3/c1-14(2,3)8-9(16)7-12(19)17-13-10(15)5-4-6-11(13)18(20)21/h4-6,9H,7-8,16H2,1-3H3,(H,17,19). The highest BCUT2D eigenvalue weighted by atomic mass is 19.1. The highest BCUT2D eigenvalue weighted by molar-refractivity contribution is 5.93. The molecule has 116 valence electrons. The number of benzene rings is 1. The summed E-state index contributed by atoms with van der Waals surface area (Å²) in [5.41, 5.74) is 4.92. The van der Waals surface area contributed by atoms with Gasteiger partial charge in [-0.15, -0.1) is 0 Å². The number of carbonyl (C=O) groups is 1. The van der Waals surface area contributed by atoms with Crippen LogP contribution in [0.5, 0.6) is 0 Å². The maximum absolute atomic E-state index is 13.6. The fraction of sp³-hybridized carbons (Fsp3) is 0.500. The zero-order valence-electron chi connectivity index (χ0n) is 12.4. The van der Waals surface area contributed by atoms with Gasteiger partial charge in [-0.25, -0.2) is 4.39 Å². The van der Waals surface area contributed by atoms with Crippen molar-refractivity contribution in [2.24, 2.45) is 11.1 Å². The van der Waals surface area contributed by atoms with Crippen LogP contribution in [0.2, 0.25) is 0 Å². The Kier molecular flexibility index (Phi) is 5.37. The van der Waals surface area contributed by atoms with Gasteiger partial charge in [0.1, 0.15) is 0 Å². The summed E-state index contributed by atoms with van der Waals surface area (Å²) < 4.78 is 13.6. The second-order valence-electron chi connectivity index (χ2n) is 6.17. The third-order valence-electron chi connectivity index (χ3n) is 2.77. The minimum Gasteiger partial charge on any atom is -0.327 e. The van der Waals surface area contributed by atoms with Crippen LogP contribution in [0.3, 0.4) is 0 Å². The van der Waals surface area contributed by atoms with Gasteiger partial charge in [0.05, 0.1) is 4.92 Å². The van der Waals surface area contributed by atoms with E-state index in [4.69, 9.17) is 5.73 Å². The molecule has 3 N–H and O–H groups in total. The van der Waals surface area contributed by atoms with Gasteiger partial charge in [-0.05, 0) is 17.9 Å². The number of rotatable bonds is 5. The van der Waals surface area contributed by atoms with Gasteiger partial charge in [0.2, 0.25) is 5.91 Å². The van der Waals surface area contributed by atoms with E-state index in [1.165, 1.54) is 6.07 Å². The number of nitrogens with two attached hydrogens (primary N) is 1. The number of anilines is 1. The predicted molar refractivity (Wildman–Crippen MR) is 78.3 cm³/mol. The third-order valence-corrected chi connectivity index (χ3v) is 2.77. The van der Waals surface area contributed by atoms with Crippen molar-refractivity contribution in [2.45, 2.75) is 39.7 Å². The number of carbonyl (C=O) groups excluding carboxylic acids is 1. The molecule has 0 spiro atoms. The Hall–Kier alpha value is -2.02. The average molecular weight is 297 g/mol. The number of nitrogens with one attached hydrogen (secondary N) is 1. The van der Waals surface area contributed by atoms with E-state index in [-0.39, 0.29) is 11.8 Å². The zero-order valence-corrected chi connectivity index (χ0v) is 12.4. The summed E-state index contributed by atoms with van der Waals surface area (Å²) in [5.74, 6) is -1.39. The van der Waals surface area contributed by atoms with E-state index in [1.807, 2.05) is 20.8 Å². The number of amides is 1. The van der Waals surface area contributed by atoms with E-state index in [1.54, 1.807) is 0 Å². The van der Waals surface area contributed by atoms with Crippen molar-refractivity contribution in [3.63, 3.8) is 0 Å². The monoisotopic (exact) mass is 297 g/mol. The molecule has 1 aromatic rings. The number of hydrogen-bond donors (Lipinski definition) is 2. The second-order valence-corrected chi connectivity index (χ2v) is 6.17. The quantitative estimate of drug-likeness (QED) is 0.645. The lowest BCUT2D eigenvalue weighted by molar-refractivity contribution is -0.384. The number of nitrogens with zero attached hydrogens (tertiary/aromatic N) is 1. The van der Waals surface area contributed by atoms with Crippen LogP contribution >= 0.6 is 0 Å². The predicted octanol–water partition coefficient (Wildman–Crippen LogP) is 2.83. The molecular weight excluding hydrogens is 277 g/mol. The van der Waals surface area contributed by atoms with Crippen LogP contribution in [0.1, 0.15) is 33.6 Å². The summed E-state index contributed by atoms with van der Waals surface area (Å²) in [6.45, 7) is 5.98. The Labute approximate surface area is 122 Å². The van der Waals surface area contributed by atoms with Crippen LogP contribution in [-0.4, -0.2) is 16.9 Å². The van der Waals surface area contributed by atoms with Crippen LogP contribution in [0.15, 0.2) is 18.2 Å². The first-order chi connectivity index (χ1) is 9.60. The molecule has 1 aromatic carbocycles. The Bertz CT molecular complexity index is 541. The van der Waals surface area contributed by atoms with Gasteiger partial charge in [0.15, 0.2) is 11.5 Å². The lowest BCUT2D eigenvalue weighted by Gasteiger charge is -2.22. The lowest BCUT2D eigenvalue weighted by atomic mass is 9.87. The van der Waals surface area contributed by atoms with E-state index in [0.29, 0.717) is 6.42 Å². The Morgan fingerprint density at radius 3 is 2.62 bits per heavy atom. The van der Waals surface area contributed by atoms with Crippen LogP contribution in [0, 0.1) is 21.3 Å². The SMILES string of the molecule is CC(C)(C)CC(N)CC(=O)Nc1c(F)cccc1[N+](=O)[O-]. The van der Waals surface area contributed by atoms with E-state index in [2.05, 4.69) is 5.32 Å². The Balaban J connectivity index is 2.78. The van der Waals surface area contributed by atoms with Gasteiger partial charge >= 0.3 is 0 Å². The minimum absolute atomic E-state index is 0.0250. The molecule has 0 saturated heterocycles. The summed E-state index contributed by atoms with van der Waals surface area (Å²) in [6, 6.07) is 3.01. The maximum Gasteiger partial charge on any atom is 0.295 e. The Morgan fingerprint density at radius 1 is 1.48 bits per heavy atom. The van der Waals surface area contributed by atoms with Crippen LogP contribution in [0.4, 0.5) is 15.8 Å². The first-order valence-electron chi connectivity index (χ1n) is 6.58. The molecule has 1 unspecified atom stereocenters. The molecule has 21 heavy (non-hydrogen) atoms. The van der Waals surface area contributed by atoms with E-state index >= 15 is 0 Å². The van der Waals surface area contributed by atoms with Crippen molar-refractivity contribution in [3.05, 3.63) is 34.1 Å². The van der Waals surface area contributed by atoms with Crippen molar-refractivity contribution in [1.29, 1.82) is 0 Å². The summed E-state index contributed by atoms with van der Waals surface area (Å²) >= 11 is 0. The maximum atomic E-state index is 13.6. The van der Waals surface area contributed by atoms with Crippen molar-refractivity contribution >= 4 is 17.3 Å². The molecule has 1 amide bonds. The van der Waals surface area contributed by atoms with E-state index in [0.717, 1.165) is 12.1 Å². The molecule has 0 heterocycles. The van der Waals surface area contributed by atoms with E-state index in [9.17, 15) is 19.3 Å². The topological polar surface area (TPSA) is 98.3 Å². The molecule has 1 rings (SSSR count). The summed E-state index contributed by atoms with van der Waals surface area (Å²) in [5, 5.41) is 13.1. The average Bonchev–Trinajstić information content (AvgIpc) is 2.28. The third kappa shape index (κ3) is 5.47. The molecule has 0 aliphatic carbocycles. The Morgan fingerprint density at radius 2 is 2.10 bits per heavy atom. The molecule has 0 fully saturated rings. The van der Waals surface area contributed by atoms with Gasteiger partial charge in [-0.1, -0.05) is 26.8 Å². The minimum atomic E-state index is -0.845. The van der Waals surface area contributed by atoms with Crippen molar-refractivity contribution in [3.8, 4) is 0 Å². The van der Waals surface area contributed by atoms with Gasteiger partial charge in [0, 0.05) is 18.5 Å². The van der Waals surface area contributed by atoms with Gasteiger partial charge < -0.3 is 11.1 Å². The molecule has 0 radical (unpaired) electrons. The highest BCUT2D eigenvalue weighted by Crippen LogP contribution is 2.27. The molecule has 1 atom stereocenters. The first kappa shape index (κ1) is 17.0. The lowest BCUT2D eigenvalue weighted by Crippen LogP contribution is -2.31. The van der Waals surface area contributed by atoms with Gasteiger partial charge in [-0.3, -0.25) is 14.9 Å². The second kappa shape index (κ2) is 6.62. The molecule has 0 aromatic heterocycles. The van der Waals surface area contributed by atoms with Gasteiger partial charge in [0.25, 0.3) is 5.69 Å². The normalized spacial score (nSPS) is 12.8. The van der Waals surface area contributed by atoms with Crippen molar-refractivity contribution < 1.29 is 14.1 Å². The largest absolute Gasteiger partial charge is 0.327 e. The number of nitro groups is 1. The molecule has 7 heteroatoms. The fourth-order valence-corrected chi connectivity index (χ4v) is 2.08. The number of nitro benzene ring substituents is 1. The number of para-hydroxylation sites is 1. The first-order valence-corrected chi connectivity index (χ1v) is 6.58. The molecule has 0 saturated carbocycles. The molecule has 0 aliphatic rings. The van der Waals surface area contributed by atoms with Crippen molar-refractivity contribution in [2.75, 3.05) is 5.32 Å². The zero-order chi connectivity index (χ0) is 16.2. The summed E-state index contributed by atoms with van der Waals surface area (Å²) in [6.07, 6.45) is 0.586.